The van der Waals surface area contributed by atoms with Crippen molar-refractivity contribution in [2.24, 2.45) is 0 Å². The lowest BCUT2D eigenvalue weighted by Crippen LogP contribution is -2.33. The predicted molar refractivity (Wildman–Crippen MR) is 262 cm³/mol. The molecule has 0 bridgehead atoms. The van der Waals surface area contributed by atoms with Gasteiger partial charge < -0.3 is 4.74 Å². The molecule has 0 N–H and O–H groups in total. The second kappa shape index (κ2) is 41.5. The fourth-order valence-electron chi connectivity index (χ4n) is 8.38. The molecule has 0 aromatic rings. The molecule has 0 radical (unpaired) electrons. The van der Waals surface area contributed by atoms with Gasteiger partial charge in [0.25, 0.3) is 0 Å². The van der Waals surface area contributed by atoms with E-state index in [0.717, 1.165) is 89.5 Å². The quantitative estimate of drug-likeness (QED) is 0.0485. The maximum atomic E-state index is 7.40. The van der Waals surface area contributed by atoms with Crippen molar-refractivity contribution >= 4 is 32.3 Å². The van der Waals surface area contributed by atoms with Gasteiger partial charge in [0.2, 0.25) is 0 Å². The van der Waals surface area contributed by atoms with Crippen molar-refractivity contribution in [3.05, 3.63) is 0 Å². The van der Waals surface area contributed by atoms with E-state index in [1.807, 2.05) is 6.92 Å². The minimum Gasteiger partial charge on any atom is -0.382 e. The number of hydrogen-bond donors (Lipinski definition) is 0. The molecule has 0 aliphatic heterocycles. The van der Waals surface area contributed by atoms with Crippen molar-refractivity contribution in [2.75, 3.05) is 13.2 Å². The molecule has 1 nitrogen and oxygen atoms in total. The van der Waals surface area contributed by atoms with Gasteiger partial charge in [-0.25, -0.2) is 0 Å². The zero-order valence-electron chi connectivity index (χ0n) is 48.1. The Balaban J connectivity index is -0.000000374. The summed E-state index contributed by atoms with van der Waals surface area (Å²) in [4.78, 5) is 0. The Hall–Kier alpha value is 0.828. The third kappa shape index (κ3) is 32.0. The number of hydrogen-bond acceptors (Lipinski definition) is 1. The van der Waals surface area contributed by atoms with E-state index >= 15 is 0 Å². The molecule has 0 unspecified atom stereocenters. The smallest absolute Gasteiger partial charge is 0.0536 e. The average Bonchev–Trinajstić information content (AvgIpc) is 3.29. The summed E-state index contributed by atoms with van der Waals surface area (Å²) >= 11 is 0. The first-order chi connectivity index (χ1) is 30.4. The monoisotopic (exact) mass is 825 g/mol. The molecule has 0 aliphatic rings. The van der Waals surface area contributed by atoms with Crippen molar-refractivity contribution in [1.82, 2.24) is 0 Å². The van der Waals surface area contributed by atoms with Crippen LogP contribution in [0.2, 0.25) is 97.2 Å². The molecule has 0 fully saturated rings. The normalized spacial score (nSPS) is 14.8. The highest BCUT2D eigenvalue weighted by Gasteiger charge is 2.30. The van der Waals surface area contributed by atoms with Gasteiger partial charge >= 0.3 is 0 Å². The van der Waals surface area contributed by atoms with Crippen LogP contribution in [0.3, 0.4) is 0 Å². The summed E-state index contributed by atoms with van der Waals surface area (Å²) < 4.78 is 86.1. The summed E-state index contributed by atoms with van der Waals surface area (Å²) in [5.41, 5.74) is 0. The molecule has 5 heteroatoms. The molecule has 0 aromatic heterocycles. The van der Waals surface area contributed by atoms with Gasteiger partial charge in [-0.1, -0.05) is 277 Å². The van der Waals surface area contributed by atoms with E-state index in [0.29, 0.717) is 75.9 Å². The van der Waals surface area contributed by atoms with Gasteiger partial charge in [-0.05, 0) is 13.3 Å². The molecular weight excluding hydrogens is 693 g/mol. The van der Waals surface area contributed by atoms with Crippen molar-refractivity contribution in [3.8, 4) is 0 Å². The van der Waals surface area contributed by atoms with Crippen molar-refractivity contribution in [1.29, 1.82) is 0 Å². The molecule has 52 heavy (non-hydrogen) atoms. The molecule has 0 atom stereocenters. The predicted octanol–water partition coefficient (Wildman–Crippen LogP) is 19.1. The highest BCUT2D eigenvalue weighted by Crippen LogP contribution is 2.33. The van der Waals surface area contributed by atoms with Gasteiger partial charge in [-0.3, -0.25) is 0 Å². The van der Waals surface area contributed by atoms with Crippen LogP contribution in [0.1, 0.15) is 209 Å². The largest absolute Gasteiger partial charge is 0.382 e. The minimum atomic E-state index is -1.35. The lowest BCUT2D eigenvalue weighted by molar-refractivity contribution is 0.148. The van der Waals surface area contributed by atoms with Gasteiger partial charge in [0, 0.05) is 36.4 Å². The first-order valence-corrected chi connectivity index (χ1v) is 33.8. The third-order valence-corrected chi connectivity index (χ3v) is 32.7. The molecule has 0 aliphatic carbocycles. The van der Waals surface area contributed by atoms with E-state index in [-0.39, 0.29) is 0 Å². The Morgan fingerprint density at radius 3 is 0.923 bits per heavy atom. The Kier molecular flexibility index (Phi) is 31.6. The van der Waals surface area contributed by atoms with Crippen LogP contribution in [-0.4, -0.2) is 45.5 Å². The first-order valence-electron chi connectivity index (χ1n) is 30.0. The van der Waals surface area contributed by atoms with E-state index in [9.17, 15) is 0 Å². The summed E-state index contributed by atoms with van der Waals surface area (Å²) in [5.74, 6) is 0. The van der Waals surface area contributed by atoms with Crippen LogP contribution in [0.25, 0.3) is 0 Å². The molecular formula is C47H110OSi4. The summed E-state index contributed by atoms with van der Waals surface area (Å²) in [6, 6.07) is 18.8. The van der Waals surface area contributed by atoms with Crippen LogP contribution in [0, 0.1) is 0 Å². The van der Waals surface area contributed by atoms with Crippen LogP contribution in [0.15, 0.2) is 0 Å². The Bertz CT molecular complexity index is 776. The number of ether oxygens (including phenoxy) is 1. The first kappa shape index (κ1) is 39.6. The minimum absolute atomic E-state index is 0.530. The maximum absolute atomic E-state index is 7.40. The summed E-state index contributed by atoms with van der Waals surface area (Å²) in [6.07, 6.45) is 15.5. The molecule has 0 spiro atoms. The standard InChI is InChI=1S/C14H32OSi.C13H30Si.C12H28Si.C8H20Si/c1-5-11-16(12-6-2,13-7-3)14-9-10-15-8-4;1-5-9-13-14(10-6-2,11-7-3)12-8-4;1-5-9-13(10-6-2,11-7-3)12-8-4;1-5-8-9(4,6-2)7-3/h5-14H2,1-4H3;5-13H2,1-4H3;5-12H2,1-4H3;5-8H2,1-4H3/i1T,2T,3T;2T,3T,4T;1T,2T,3T;2T,3T. The van der Waals surface area contributed by atoms with Crippen LogP contribution < -0.4 is 0 Å². The Labute approximate surface area is 355 Å². The zero-order valence-corrected chi connectivity index (χ0v) is 41.1. The summed E-state index contributed by atoms with van der Waals surface area (Å²) in [7, 11) is -4.93. The van der Waals surface area contributed by atoms with E-state index in [4.69, 9.17) is 19.8 Å². The van der Waals surface area contributed by atoms with E-state index in [1.165, 1.54) is 104 Å². The molecule has 0 saturated carbocycles. The molecule has 320 valence electrons. The lowest BCUT2D eigenvalue weighted by Gasteiger charge is -2.31. The molecule has 0 rings (SSSR count). The van der Waals surface area contributed by atoms with Gasteiger partial charge in [-0.15, -0.1) is 0 Å². The molecule has 0 saturated heterocycles. The topological polar surface area (TPSA) is 9.23 Å². The Morgan fingerprint density at radius 2 is 0.654 bits per heavy atom. The van der Waals surface area contributed by atoms with Gasteiger partial charge in [-0.2, -0.15) is 0 Å². The van der Waals surface area contributed by atoms with Crippen molar-refractivity contribution in [2.45, 2.75) is 291 Å². The fourth-order valence-corrected chi connectivity index (χ4v) is 24.6. The van der Waals surface area contributed by atoms with Crippen LogP contribution in [0.4, 0.5) is 0 Å². The van der Waals surface area contributed by atoms with Crippen LogP contribution in [-0.2, 0) is 4.74 Å². The number of rotatable bonds is 32. The summed E-state index contributed by atoms with van der Waals surface area (Å²) in [6.45, 7) is 18.8. The highest BCUT2D eigenvalue weighted by atomic mass is 28.3. The maximum Gasteiger partial charge on any atom is 0.0536 e. The Morgan fingerprint density at radius 1 is 0.346 bits per heavy atom. The molecule has 0 aromatic carbocycles. The molecule has 0 heterocycles. The fraction of sp³-hybridized carbons (Fsp3) is 1.00. The second-order valence-electron chi connectivity index (χ2n) is 16.1. The zero-order chi connectivity index (χ0) is 48.4. The second-order valence-corrected chi connectivity index (χ2v) is 36.3. The van der Waals surface area contributed by atoms with E-state index in [2.05, 4.69) is 27.3 Å². The summed E-state index contributed by atoms with van der Waals surface area (Å²) in [5, 5.41) is 0. The van der Waals surface area contributed by atoms with Gasteiger partial charge in [0.1, 0.15) is 0 Å². The lowest BCUT2D eigenvalue weighted by atomic mass is 10.4. The van der Waals surface area contributed by atoms with Crippen LogP contribution >= 0.6 is 0 Å². The van der Waals surface area contributed by atoms with Crippen LogP contribution in [0.5, 0.6) is 0 Å². The van der Waals surface area contributed by atoms with Crippen molar-refractivity contribution < 1.29 is 19.8 Å². The average molecular weight is 826 g/mol. The van der Waals surface area contributed by atoms with E-state index < -0.39 is 32.3 Å². The van der Waals surface area contributed by atoms with Crippen molar-refractivity contribution in [3.63, 3.8) is 0 Å². The SMILES string of the molecule is [3H]CCC[Si](CCC)(CCC[3H])CCC[3H].[3H]CCC[Si](CCC[3H])(CCC[3H])CCCC.[3H]CCC[Si](CCC[3H])(CCC[3H])CCCOCC.[3H]CC[Si](C)(CC[3H])CCC. The van der Waals surface area contributed by atoms with Gasteiger partial charge in [0.05, 0.1) is 24.2 Å². The third-order valence-electron chi connectivity index (χ3n) is 11.5. The molecule has 0 amide bonds. The highest BCUT2D eigenvalue weighted by molar-refractivity contribution is 6.80. The van der Waals surface area contributed by atoms with Gasteiger partial charge in [0.15, 0.2) is 0 Å². The van der Waals surface area contributed by atoms with E-state index in [1.54, 1.807) is 0 Å². The number of unbranched alkanes of at least 4 members (excludes halogenated alkanes) is 1.